The Morgan fingerprint density at radius 1 is 1.33 bits per heavy atom. The van der Waals surface area contributed by atoms with Gasteiger partial charge in [-0.15, -0.1) is 6.58 Å². The molecule has 18 heavy (non-hydrogen) atoms. The molecule has 0 saturated carbocycles. The summed E-state index contributed by atoms with van der Waals surface area (Å²) in [5.41, 5.74) is 0.821. The van der Waals surface area contributed by atoms with Gasteiger partial charge in [0.25, 0.3) is 0 Å². The van der Waals surface area contributed by atoms with Crippen molar-refractivity contribution >= 4 is 8.32 Å². The van der Waals surface area contributed by atoms with E-state index in [0.29, 0.717) is 0 Å². The quantitative estimate of drug-likeness (QED) is 0.649. The first-order chi connectivity index (χ1) is 8.17. The molecule has 3 heteroatoms. The molecule has 0 fully saturated rings. The summed E-state index contributed by atoms with van der Waals surface area (Å²) in [6, 6.07) is 7.63. The van der Waals surface area contributed by atoms with Gasteiger partial charge in [-0.05, 0) is 35.8 Å². The van der Waals surface area contributed by atoms with Crippen LogP contribution < -0.4 is 4.43 Å². The van der Waals surface area contributed by atoms with Crippen molar-refractivity contribution in [2.24, 2.45) is 0 Å². The van der Waals surface area contributed by atoms with E-state index < -0.39 is 14.4 Å². The van der Waals surface area contributed by atoms with Crippen molar-refractivity contribution in [3.63, 3.8) is 0 Å². The highest BCUT2D eigenvalue weighted by Crippen LogP contribution is 2.37. The third-order valence-electron chi connectivity index (χ3n) is 3.60. The molecule has 1 N–H and O–H groups in total. The molecule has 1 rings (SSSR count). The maximum Gasteiger partial charge on any atom is 0.250 e. The van der Waals surface area contributed by atoms with Crippen LogP contribution in [0.25, 0.3) is 0 Å². The first kappa shape index (κ1) is 15.0. The molecular weight excluding hydrogens is 240 g/mol. The van der Waals surface area contributed by atoms with Crippen molar-refractivity contribution in [3.8, 4) is 5.75 Å². The summed E-state index contributed by atoms with van der Waals surface area (Å²) in [5, 5.41) is 9.92. The predicted octanol–water partition coefficient (Wildman–Crippen LogP) is 4.29. The summed E-state index contributed by atoms with van der Waals surface area (Å²) in [6.45, 7) is 14.7. The summed E-state index contributed by atoms with van der Waals surface area (Å²) < 4.78 is 6.20. The first-order valence-electron chi connectivity index (χ1n) is 6.27. The largest absolute Gasteiger partial charge is 0.543 e. The van der Waals surface area contributed by atoms with Crippen molar-refractivity contribution in [2.45, 2.75) is 45.0 Å². The molecule has 0 saturated heterocycles. The third kappa shape index (κ3) is 3.46. The van der Waals surface area contributed by atoms with E-state index >= 15 is 0 Å². The molecule has 2 nitrogen and oxygen atoms in total. The molecule has 1 aromatic rings. The Balaban J connectivity index is 2.96. The maximum absolute atomic E-state index is 9.75. The monoisotopic (exact) mass is 264 g/mol. The molecule has 0 bridgehead atoms. The van der Waals surface area contributed by atoms with Gasteiger partial charge in [-0.2, -0.15) is 0 Å². The first-order valence-corrected chi connectivity index (χ1v) is 9.18. The minimum absolute atomic E-state index is 0.167. The highest BCUT2D eigenvalue weighted by atomic mass is 28.4. The highest BCUT2D eigenvalue weighted by molar-refractivity contribution is 6.74. The van der Waals surface area contributed by atoms with Crippen LogP contribution in [-0.4, -0.2) is 13.4 Å². The van der Waals surface area contributed by atoms with E-state index in [4.69, 9.17) is 4.43 Å². The molecule has 0 aliphatic rings. The fraction of sp³-hybridized carbons (Fsp3) is 0.467. The van der Waals surface area contributed by atoms with Crippen LogP contribution in [0.2, 0.25) is 18.1 Å². The molecular formula is C15H24O2Si. The molecule has 0 aromatic heterocycles. The average molecular weight is 264 g/mol. The van der Waals surface area contributed by atoms with Gasteiger partial charge >= 0.3 is 0 Å². The minimum Gasteiger partial charge on any atom is -0.543 e. The molecule has 0 radical (unpaired) electrons. The molecule has 100 valence electrons. The molecule has 1 unspecified atom stereocenters. The molecule has 0 aliphatic heterocycles. The summed E-state index contributed by atoms with van der Waals surface area (Å²) in [6.07, 6.45) is 0.888. The smallest absolute Gasteiger partial charge is 0.250 e. The summed E-state index contributed by atoms with van der Waals surface area (Å²) in [5.74, 6) is 0.833. The van der Waals surface area contributed by atoms with Crippen molar-refractivity contribution in [1.82, 2.24) is 0 Å². The van der Waals surface area contributed by atoms with Crippen LogP contribution >= 0.6 is 0 Å². The van der Waals surface area contributed by atoms with Gasteiger partial charge < -0.3 is 9.53 Å². The van der Waals surface area contributed by atoms with Crippen molar-refractivity contribution < 1.29 is 9.53 Å². The number of hydrogen-bond acceptors (Lipinski definition) is 2. The van der Waals surface area contributed by atoms with Crippen LogP contribution in [0.4, 0.5) is 0 Å². The van der Waals surface area contributed by atoms with Gasteiger partial charge in [0.2, 0.25) is 8.32 Å². The van der Waals surface area contributed by atoms with E-state index in [2.05, 4.69) is 40.4 Å². The van der Waals surface area contributed by atoms with E-state index in [0.717, 1.165) is 11.3 Å². The van der Waals surface area contributed by atoms with Gasteiger partial charge in [-0.1, -0.05) is 39.0 Å². The van der Waals surface area contributed by atoms with Gasteiger partial charge in [0, 0.05) is 0 Å². The number of rotatable bonds is 4. The van der Waals surface area contributed by atoms with Crippen LogP contribution in [0.1, 0.15) is 32.4 Å². The van der Waals surface area contributed by atoms with Gasteiger partial charge in [-0.25, -0.2) is 0 Å². The molecule has 0 heterocycles. The Kier molecular flexibility index (Phi) is 4.40. The Bertz CT molecular complexity index is 419. The van der Waals surface area contributed by atoms with E-state index in [9.17, 15) is 5.11 Å². The van der Waals surface area contributed by atoms with Gasteiger partial charge in [0.1, 0.15) is 5.75 Å². The second-order valence-corrected chi connectivity index (χ2v) is 10.8. The van der Waals surface area contributed by atoms with Crippen LogP contribution in [0.3, 0.4) is 0 Å². The number of hydrogen-bond donors (Lipinski definition) is 1. The Hall–Kier alpha value is -1.06. The lowest BCUT2D eigenvalue weighted by Crippen LogP contribution is -2.43. The van der Waals surface area contributed by atoms with Gasteiger partial charge in [0.15, 0.2) is 0 Å². The maximum atomic E-state index is 9.75. The minimum atomic E-state index is -1.82. The topological polar surface area (TPSA) is 29.5 Å². The van der Waals surface area contributed by atoms with Crippen LogP contribution in [0.5, 0.6) is 5.75 Å². The lowest BCUT2D eigenvalue weighted by molar-refractivity contribution is 0.229. The highest BCUT2D eigenvalue weighted by Gasteiger charge is 2.38. The second kappa shape index (κ2) is 5.29. The average Bonchev–Trinajstić information content (AvgIpc) is 2.26. The van der Waals surface area contributed by atoms with Crippen molar-refractivity contribution in [2.75, 3.05) is 0 Å². The van der Waals surface area contributed by atoms with E-state index in [1.807, 2.05) is 24.3 Å². The molecule has 0 spiro atoms. The second-order valence-electron chi connectivity index (χ2n) is 6.12. The lowest BCUT2D eigenvalue weighted by atomic mass is 10.1. The molecule has 1 atom stereocenters. The van der Waals surface area contributed by atoms with Crippen molar-refractivity contribution in [1.29, 1.82) is 0 Å². The molecule has 1 aromatic carbocycles. The fourth-order valence-corrected chi connectivity index (χ4v) is 2.37. The molecule has 0 aliphatic carbocycles. The Labute approximate surface area is 111 Å². The predicted molar refractivity (Wildman–Crippen MR) is 79.4 cm³/mol. The lowest BCUT2D eigenvalue weighted by Gasteiger charge is -2.36. The van der Waals surface area contributed by atoms with Crippen LogP contribution in [0, 0.1) is 0 Å². The standard InChI is InChI=1S/C15H24O2Si/c1-7-14(16)12-9-8-10-13(11-12)17-18(5,6)15(2,3)4/h7-11,14,16H,1H2,2-6H3. The van der Waals surface area contributed by atoms with Crippen LogP contribution in [0.15, 0.2) is 36.9 Å². The van der Waals surface area contributed by atoms with E-state index in [1.165, 1.54) is 6.08 Å². The zero-order chi connectivity index (χ0) is 14.0. The molecule has 0 amide bonds. The van der Waals surface area contributed by atoms with Crippen LogP contribution in [-0.2, 0) is 0 Å². The number of aliphatic hydroxyl groups is 1. The zero-order valence-corrected chi connectivity index (χ0v) is 13.0. The van der Waals surface area contributed by atoms with Crippen molar-refractivity contribution in [3.05, 3.63) is 42.5 Å². The Morgan fingerprint density at radius 2 is 1.94 bits per heavy atom. The zero-order valence-electron chi connectivity index (χ0n) is 12.0. The summed E-state index contributed by atoms with van der Waals surface area (Å²) >= 11 is 0. The summed E-state index contributed by atoms with van der Waals surface area (Å²) in [7, 11) is -1.82. The number of benzene rings is 1. The fourth-order valence-electron chi connectivity index (χ4n) is 1.35. The van der Waals surface area contributed by atoms with Gasteiger partial charge in [0.05, 0.1) is 6.10 Å². The van der Waals surface area contributed by atoms with Gasteiger partial charge in [-0.3, -0.25) is 0 Å². The third-order valence-corrected chi connectivity index (χ3v) is 7.96. The normalized spacial score (nSPS) is 14.1. The number of aliphatic hydroxyl groups excluding tert-OH is 1. The Morgan fingerprint density at radius 3 is 2.44 bits per heavy atom. The van der Waals surface area contributed by atoms with E-state index in [-0.39, 0.29) is 5.04 Å². The SMILES string of the molecule is C=CC(O)c1cccc(O[Si](C)(C)C(C)(C)C)c1. The van der Waals surface area contributed by atoms with E-state index in [1.54, 1.807) is 0 Å². The summed E-state index contributed by atoms with van der Waals surface area (Å²) in [4.78, 5) is 0.